The molecule has 2 aromatic rings. The summed E-state index contributed by atoms with van der Waals surface area (Å²) in [5, 5.41) is 0. The summed E-state index contributed by atoms with van der Waals surface area (Å²) < 4.78 is 5.81. The molecule has 0 radical (unpaired) electrons. The van der Waals surface area contributed by atoms with Crippen molar-refractivity contribution in [2.24, 2.45) is 11.7 Å². The van der Waals surface area contributed by atoms with E-state index < -0.39 is 6.10 Å². The van der Waals surface area contributed by atoms with Crippen LogP contribution in [0.15, 0.2) is 54.6 Å². The summed E-state index contributed by atoms with van der Waals surface area (Å²) in [6.07, 6.45) is -0.625. The standard InChI is InChI=1S/C22H26N2O3/c1-15(25)18-9-6-10-20(11-18)27-16(2)22(26)24-13-19(12-23)21(14-24)17-7-4-3-5-8-17/h3-11,16,19,21H,12-14,23H2,1-2H3/t16?,19-,21+/m1/s1. The Morgan fingerprint density at radius 2 is 1.89 bits per heavy atom. The first-order valence-electron chi connectivity index (χ1n) is 9.31. The molecule has 1 aliphatic heterocycles. The molecule has 1 fully saturated rings. The molecule has 0 saturated carbocycles. The number of nitrogens with two attached hydrogens (primary N) is 1. The molecule has 0 aromatic heterocycles. The number of amides is 1. The molecule has 3 rings (SSSR count). The fourth-order valence-electron chi connectivity index (χ4n) is 3.67. The molecular formula is C22H26N2O3. The number of likely N-dealkylation sites (tertiary alicyclic amines) is 1. The average Bonchev–Trinajstić information content (AvgIpc) is 3.12. The Bertz CT molecular complexity index is 806. The monoisotopic (exact) mass is 366 g/mol. The lowest BCUT2D eigenvalue weighted by atomic mass is 9.89. The van der Waals surface area contributed by atoms with Gasteiger partial charge in [0.2, 0.25) is 0 Å². The minimum atomic E-state index is -0.625. The number of ether oxygens (including phenoxy) is 1. The van der Waals surface area contributed by atoms with Gasteiger partial charge in [-0.15, -0.1) is 0 Å². The zero-order valence-electron chi connectivity index (χ0n) is 15.8. The Balaban J connectivity index is 1.68. The maximum Gasteiger partial charge on any atom is 0.263 e. The fourth-order valence-corrected chi connectivity index (χ4v) is 3.67. The molecule has 1 unspecified atom stereocenters. The van der Waals surface area contributed by atoms with Crippen LogP contribution in [0.4, 0.5) is 0 Å². The maximum absolute atomic E-state index is 12.9. The molecule has 1 heterocycles. The van der Waals surface area contributed by atoms with E-state index in [1.54, 1.807) is 31.2 Å². The molecule has 3 atom stereocenters. The lowest BCUT2D eigenvalue weighted by molar-refractivity contribution is -0.137. The van der Waals surface area contributed by atoms with Gasteiger partial charge in [0.05, 0.1) is 0 Å². The highest BCUT2D eigenvalue weighted by molar-refractivity contribution is 5.94. The van der Waals surface area contributed by atoms with Crippen molar-refractivity contribution in [3.63, 3.8) is 0 Å². The quantitative estimate of drug-likeness (QED) is 0.798. The van der Waals surface area contributed by atoms with Gasteiger partial charge >= 0.3 is 0 Å². The molecule has 0 spiro atoms. The lowest BCUT2D eigenvalue weighted by Gasteiger charge is -2.22. The van der Waals surface area contributed by atoms with E-state index in [9.17, 15) is 9.59 Å². The molecule has 1 aliphatic rings. The molecule has 27 heavy (non-hydrogen) atoms. The van der Waals surface area contributed by atoms with E-state index in [-0.39, 0.29) is 23.5 Å². The van der Waals surface area contributed by atoms with Gasteiger partial charge in [-0.1, -0.05) is 42.5 Å². The number of rotatable bonds is 6. The molecule has 0 aliphatic carbocycles. The van der Waals surface area contributed by atoms with E-state index in [1.807, 2.05) is 23.1 Å². The minimum absolute atomic E-state index is 0.0320. The van der Waals surface area contributed by atoms with Gasteiger partial charge in [-0.2, -0.15) is 0 Å². The van der Waals surface area contributed by atoms with E-state index in [2.05, 4.69) is 12.1 Å². The molecule has 5 nitrogen and oxygen atoms in total. The van der Waals surface area contributed by atoms with Crippen LogP contribution in [0.3, 0.4) is 0 Å². The highest BCUT2D eigenvalue weighted by Crippen LogP contribution is 2.32. The Morgan fingerprint density at radius 1 is 1.15 bits per heavy atom. The van der Waals surface area contributed by atoms with E-state index in [4.69, 9.17) is 10.5 Å². The third kappa shape index (κ3) is 4.37. The van der Waals surface area contributed by atoms with E-state index >= 15 is 0 Å². The van der Waals surface area contributed by atoms with Crippen LogP contribution in [-0.2, 0) is 4.79 Å². The van der Waals surface area contributed by atoms with Gasteiger partial charge in [0.1, 0.15) is 5.75 Å². The minimum Gasteiger partial charge on any atom is -0.481 e. The van der Waals surface area contributed by atoms with Crippen molar-refractivity contribution >= 4 is 11.7 Å². The van der Waals surface area contributed by atoms with Gasteiger partial charge in [0.15, 0.2) is 11.9 Å². The topological polar surface area (TPSA) is 72.6 Å². The number of carbonyl (C=O) groups is 2. The van der Waals surface area contributed by atoms with Crippen LogP contribution in [0.25, 0.3) is 0 Å². The zero-order valence-corrected chi connectivity index (χ0v) is 15.8. The van der Waals surface area contributed by atoms with E-state index in [0.29, 0.717) is 30.9 Å². The van der Waals surface area contributed by atoms with Crippen molar-refractivity contribution in [3.8, 4) is 5.75 Å². The number of nitrogens with zero attached hydrogens (tertiary/aromatic N) is 1. The van der Waals surface area contributed by atoms with Gasteiger partial charge in [0, 0.05) is 24.6 Å². The van der Waals surface area contributed by atoms with Crippen molar-refractivity contribution in [1.82, 2.24) is 4.90 Å². The number of hydrogen-bond acceptors (Lipinski definition) is 4. The normalized spacial score (nSPS) is 20.3. The summed E-state index contributed by atoms with van der Waals surface area (Å²) in [5.74, 6) is 0.922. The summed E-state index contributed by atoms with van der Waals surface area (Å²) in [7, 11) is 0. The van der Waals surface area contributed by atoms with Crippen molar-refractivity contribution in [3.05, 3.63) is 65.7 Å². The van der Waals surface area contributed by atoms with Crippen molar-refractivity contribution < 1.29 is 14.3 Å². The highest BCUT2D eigenvalue weighted by Gasteiger charge is 2.37. The summed E-state index contributed by atoms with van der Waals surface area (Å²) in [5.41, 5.74) is 7.75. The predicted molar refractivity (Wildman–Crippen MR) is 105 cm³/mol. The Kier molecular flexibility index (Phi) is 5.91. The summed E-state index contributed by atoms with van der Waals surface area (Å²) in [6.45, 7) is 5.08. The molecule has 2 aromatic carbocycles. The third-order valence-corrected chi connectivity index (χ3v) is 5.18. The highest BCUT2D eigenvalue weighted by atomic mass is 16.5. The van der Waals surface area contributed by atoms with Crippen LogP contribution < -0.4 is 10.5 Å². The van der Waals surface area contributed by atoms with Crippen LogP contribution in [-0.4, -0.2) is 42.3 Å². The van der Waals surface area contributed by atoms with Gasteiger partial charge < -0.3 is 15.4 Å². The van der Waals surface area contributed by atoms with E-state index in [1.165, 1.54) is 12.5 Å². The zero-order chi connectivity index (χ0) is 19.4. The Hall–Kier alpha value is -2.66. The molecule has 2 N–H and O–H groups in total. The SMILES string of the molecule is CC(=O)c1cccc(OC(C)C(=O)N2C[C@@H](CN)[C@H](c3ccccc3)C2)c1. The number of hydrogen-bond donors (Lipinski definition) is 1. The molecule has 0 bridgehead atoms. The second-order valence-electron chi connectivity index (χ2n) is 7.10. The van der Waals surface area contributed by atoms with E-state index in [0.717, 1.165) is 0 Å². The smallest absolute Gasteiger partial charge is 0.263 e. The first kappa shape index (κ1) is 19.1. The number of ketones is 1. The van der Waals surface area contributed by atoms with Crippen LogP contribution in [0.1, 0.15) is 35.7 Å². The van der Waals surface area contributed by atoms with Gasteiger partial charge in [-0.3, -0.25) is 9.59 Å². The fraction of sp³-hybridized carbons (Fsp3) is 0.364. The average molecular weight is 366 g/mol. The summed E-state index contributed by atoms with van der Waals surface area (Å²) in [4.78, 5) is 26.3. The largest absolute Gasteiger partial charge is 0.481 e. The number of Topliss-reactive ketones (excluding diaryl/α,β-unsaturated/α-hetero) is 1. The Morgan fingerprint density at radius 3 is 2.56 bits per heavy atom. The second kappa shape index (κ2) is 8.35. The molecule has 1 amide bonds. The number of carbonyl (C=O) groups excluding carboxylic acids is 2. The third-order valence-electron chi connectivity index (χ3n) is 5.18. The lowest BCUT2D eigenvalue weighted by Crippen LogP contribution is -2.39. The van der Waals surface area contributed by atoms with Crippen molar-refractivity contribution in [2.45, 2.75) is 25.9 Å². The first-order chi connectivity index (χ1) is 13.0. The number of benzene rings is 2. The molecular weight excluding hydrogens is 340 g/mol. The molecule has 142 valence electrons. The van der Waals surface area contributed by atoms with Gasteiger partial charge in [-0.05, 0) is 44.0 Å². The van der Waals surface area contributed by atoms with Crippen LogP contribution in [0.2, 0.25) is 0 Å². The van der Waals surface area contributed by atoms with Crippen LogP contribution in [0, 0.1) is 5.92 Å². The second-order valence-corrected chi connectivity index (χ2v) is 7.10. The maximum atomic E-state index is 12.9. The summed E-state index contributed by atoms with van der Waals surface area (Å²) in [6, 6.07) is 17.1. The molecule has 1 saturated heterocycles. The van der Waals surface area contributed by atoms with Gasteiger partial charge in [-0.25, -0.2) is 0 Å². The van der Waals surface area contributed by atoms with Crippen LogP contribution >= 0.6 is 0 Å². The summed E-state index contributed by atoms with van der Waals surface area (Å²) >= 11 is 0. The molecule has 5 heteroatoms. The van der Waals surface area contributed by atoms with Crippen LogP contribution in [0.5, 0.6) is 5.75 Å². The Labute approximate surface area is 160 Å². The van der Waals surface area contributed by atoms with Crippen molar-refractivity contribution in [1.29, 1.82) is 0 Å². The first-order valence-corrected chi connectivity index (χ1v) is 9.31. The van der Waals surface area contributed by atoms with Gasteiger partial charge in [0.25, 0.3) is 5.91 Å². The predicted octanol–water partition coefficient (Wildman–Crippen LogP) is 2.86. The van der Waals surface area contributed by atoms with Crippen molar-refractivity contribution in [2.75, 3.05) is 19.6 Å².